The molecule has 0 spiro atoms. The van der Waals surface area contributed by atoms with Crippen molar-refractivity contribution in [2.24, 2.45) is 58.7 Å². The number of rotatable bonds is 5. The van der Waals surface area contributed by atoms with Crippen LogP contribution in [-0.4, -0.2) is 9.78 Å². The van der Waals surface area contributed by atoms with Gasteiger partial charge in [-0.2, -0.15) is 10.4 Å². The van der Waals surface area contributed by atoms with E-state index >= 15 is 0 Å². The first-order chi connectivity index (χ1) is 15.4. The molecule has 176 valence electrons. The number of nitrogens with zero attached hydrogens (tertiary/aromatic N) is 3. The van der Waals surface area contributed by atoms with Gasteiger partial charge in [0.25, 0.3) is 0 Å². The highest BCUT2D eigenvalue weighted by molar-refractivity contribution is 5.21. The molecule has 4 fully saturated rings. The molecule has 1 aromatic heterocycles. The fraction of sp³-hybridized carbons (Fsp3) is 0.862. The first-order valence-electron chi connectivity index (χ1n) is 13.8. The molecule has 4 aliphatic rings. The van der Waals surface area contributed by atoms with E-state index in [1.165, 1.54) is 57.8 Å². The van der Waals surface area contributed by atoms with Gasteiger partial charge in [0.2, 0.25) is 0 Å². The molecule has 9 atom stereocenters. The lowest BCUT2D eigenvalue weighted by Gasteiger charge is -2.57. The van der Waals surface area contributed by atoms with Gasteiger partial charge in [0.05, 0.1) is 11.8 Å². The smallest absolute Gasteiger partial charge is 0.102 e. The van der Waals surface area contributed by atoms with E-state index in [1.807, 2.05) is 10.9 Å². The van der Waals surface area contributed by atoms with E-state index in [2.05, 4.69) is 38.9 Å². The van der Waals surface area contributed by atoms with Crippen LogP contribution < -0.4 is 0 Å². The van der Waals surface area contributed by atoms with Gasteiger partial charge >= 0.3 is 0 Å². The van der Waals surface area contributed by atoms with Crippen molar-refractivity contribution in [3.63, 3.8) is 0 Å². The molecule has 3 unspecified atom stereocenters. The van der Waals surface area contributed by atoms with E-state index in [1.54, 1.807) is 12.6 Å². The molecular formula is C29H45N3. The zero-order valence-corrected chi connectivity index (χ0v) is 21.0. The van der Waals surface area contributed by atoms with Gasteiger partial charge in [-0.05, 0) is 116 Å². The first kappa shape index (κ1) is 22.5. The molecule has 1 heterocycles. The predicted molar refractivity (Wildman–Crippen MR) is 130 cm³/mol. The minimum atomic E-state index is 0.521. The molecule has 0 radical (unpaired) electrons. The summed E-state index contributed by atoms with van der Waals surface area (Å²) < 4.78 is 2.02. The molecule has 4 aliphatic carbocycles. The molecule has 3 nitrogen and oxygen atoms in total. The van der Waals surface area contributed by atoms with Crippen molar-refractivity contribution in [2.45, 2.75) is 98.4 Å². The molecule has 1 aromatic rings. The number of fused-ring (bicyclic) bond motifs is 5. The predicted octanol–water partition coefficient (Wildman–Crippen LogP) is 7.32. The van der Waals surface area contributed by atoms with Gasteiger partial charge in [0.1, 0.15) is 6.07 Å². The Balaban J connectivity index is 1.25. The number of hydrogen-bond donors (Lipinski definition) is 0. The molecule has 0 N–H and O–H groups in total. The third kappa shape index (κ3) is 3.95. The molecule has 5 rings (SSSR count). The Morgan fingerprint density at radius 3 is 2.62 bits per heavy atom. The molecule has 0 bridgehead atoms. The molecule has 0 amide bonds. The normalized spacial score (nSPS) is 42.1. The number of nitriles is 1. The van der Waals surface area contributed by atoms with Crippen LogP contribution in [0.25, 0.3) is 0 Å². The number of aromatic nitrogens is 2. The summed E-state index contributed by atoms with van der Waals surface area (Å²) in [5.74, 6) is 8.41. The minimum Gasteiger partial charge on any atom is -0.271 e. The van der Waals surface area contributed by atoms with Crippen LogP contribution in [0.15, 0.2) is 12.4 Å². The van der Waals surface area contributed by atoms with Crippen LogP contribution in [0, 0.1) is 70.0 Å². The summed E-state index contributed by atoms with van der Waals surface area (Å²) in [5, 5.41) is 13.6. The van der Waals surface area contributed by atoms with Crippen LogP contribution >= 0.6 is 0 Å². The fourth-order valence-electron chi connectivity index (χ4n) is 9.75. The monoisotopic (exact) mass is 435 g/mol. The van der Waals surface area contributed by atoms with Crippen molar-refractivity contribution >= 4 is 0 Å². The van der Waals surface area contributed by atoms with E-state index in [0.29, 0.717) is 16.9 Å². The van der Waals surface area contributed by atoms with Crippen molar-refractivity contribution < 1.29 is 0 Å². The highest BCUT2D eigenvalue weighted by Crippen LogP contribution is 2.65. The van der Waals surface area contributed by atoms with Gasteiger partial charge in [-0.15, -0.1) is 0 Å². The van der Waals surface area contributed by atoms with Crippen molar-refractivity contribution in [3.8, 4) is 6.07 Å². The zero-order chi connectivity index (χ0) is 22.5. The van der Waals surface area contributed by atoms with Crippen molar-refractivity contribution in [3.05, 3.63) is 18.0 Å². The highest BCUT2D eigenvalue weighted by Gasteiger charge is 2.57. The Bertz CT molecular complexity index is 834. The average Bonchev–Trinajstić information content (AvgIpc) is 3.36. The topological polar surface area (TPSA) is 41.6 Å². The van der Waals surface area contributed by atoms with E-state index in [-0.39, 0.29) is 0 Å². The maximum absolute atomic E-state index is 9.13. The Morgan fingerprint density at radius 1 is 1.06 bits per heavy atom. The van der Waals surface area contributed by atoms with Crippen LogP contribution in [0.1, 0.15) is 97.5 Å². The lowest BCUT2D eigenvalue weighted by atomic mass is 9.48. The maximum Gasteiger partial charge on any atom is 0.102 e. The van der Waals surface area contributed by atoms with Gasteiger partial charge in [-0.25, -0.2) is 0 Å². The Hall–Kier alpha value is -1.30. The largest absolute Gasteiger partial charge is 0.271 e. The first-order valence-corrected chi connectivity index (χ1v) is 13.8. The summed E-state index contributed by atoms with van der Waals surface area (Å²) in [6.07, 6.45) is 18.6. The molecule has 0 aliphatic heterocycles. The van der Waals surface area contributed by atoms with E-state index in [9.17, 15) is 0 Å². The molecule has 3 heteroatoms. The summed E-state index contributed by atoms with van der Waals surface area (Å²) in [6, 6.07) is 2.23. The third-order valence-electron chi connectivity index (χ3n) is 10.9. The van der Waals surface area contributed by atoms with Crippen LogP contribution in [0.2, 0.25) is 0 Å². The Labute approximate surface area is 196 Å². The van der Waals surface area contributed by atoms with E-state index in [4.69, 9.17) is 5.26 Å². The molecule has 4 saturated carbocycles. The SMILES string of the molecule is CC(C)C[C@H]1CC[C@@H]2C3CC[C@@]4(C)C(CCC4[C@@H](C)Cn4cc(C#N)cn4)[C@@H]3CC[C@@H]2C1. The fourth-order valence-corrected chi connectivity index (χ4v) is 9.75. The van der Waals surface area contributed by atoms with Gasteiger partial charge < -0.3 is 0 Å². The summed E-state index contributed by atoms with van der Waals surface area (Å²) >= 11 is 0. The van der Waals surface area contributed by atoms with Crippen LogP contribution in [0.4, 0.5) is 0 Å². The Morgan fingerprint density at radius 2 is 1.88 bits per heavy atom. The van der Waals surface area contributed by atoms with Gasteiger partial charge in [0, 0.05) is 12.7 Å². The van der Waals surface area contributed by atoms with Crippen molar-refractivity contribution in [1.29, 1.82) is 5.26 Å². The number of hydrogen-bond acceptors (Lipinski definition) is 2. The third-order valence-corrected chi connectivity index (χ3v) is 10.9. The van der Waals surface area contributed by atoms with Gasteiger partial charge in [-0.1, -0.05) is 34.1 Å². The zero-order valence-electron chi connectivity index (χ0n) is 21.0. The lowest BCUT2D eigenvalue weighted by molar-refractivity contribution is -0.0754. The standard InChI is InChI=1S/C29H45N3/c1-19(2)13-21-5-7-24-23(14-21)6-8-26-25(24)11-12-29(4)27(9-10-28(26)29)20(3)17-32-18-22(15-30)16-31-32/h16,18-21,23-28H,5-14,17H2,1-4H3/t20-,21+,23+,24-,25?,26+,27?,28?,29+/m0/s1. The second-order valence-corrected chi connectivity index (χ2v) is 13.0. The van der Waals surface area contributed by atoms with E-state index < -0.39 is 0 Å². The summed E-state index contributed by atoms with van der Waals surface area (Å²) in [6.45, 7) is 10.9. The lowest BCUT2D eigenvalue weighted by Crippen LogP contribution is -2.49. The van der Waals surface area contributed by atoms with Gasteiger partial charge in [0.15, 0.2) is 0 Å². The summed E-state index contributed by atoms with van der Waals surface area (Å²) in [7, 11) is 0. The molecule has 32 heavy (non-hydrogen) atoms. The summed E-state index contributed by atoms with van der Waals surface area (Å²) in [5.41, 5.74) is 1.21. The maximum atomic E-state index is 9.13. The molecule has 0 saturated heterocycles. The molecular weight excluding hydrogens is 390 g/mol. The minimum absolute atomic E-state index is 0.521. The van der Waals surface area contributed by atoms with Gasteiger partial charge in [-0.3, -0.25) is 4.68 Å². The molecule has 0 aromatic carbocycles. The quantitative estimate of drug-likeness (QED) is 0.486. The average molecular weight is 436 g/mol. The van der Waals surface area contributed by atoms with Crippen LogP contribution in [-0.2, 0) is 6.54 Å². The highest BCUT2D eigenvalue weighted by atomic mass is 15.3. The van der Waals surface area contributed by atoms with Crippen molar-refractivity contribution in [1.82, 2.24) is 9.78 Å². The second-order valence-electron chi connectivity index (χ2n) is 13.0. The van der Waals surface area contributed by atoms with Crippen LogP contribution in [0.3, 0.4) is 0 Å². The van der Waals surface area contributed by atoms with E-state index in [0.717, 1.165) is 53.9 Å². The van der Waals surface area contributed by atoms with Crippen molar-refractivity contribution in [2.75, 3.05) is 0 Å². The van der Waals surface area contributed by atoms with Crippen LogP contribution in [0.5, 0.6) is 0 Å². The second kappa shape index (κ2) is 8.81. The summed E-state index contributed by atoms with van der Waals surface area (Å²) in [4.78, 5) is 0. The Kier molecular flexibility index (Phi) is 6.19.